The van der Waals surface area contributed by atoms with Crippen LogP contribution in [0, 0.1) is 0 Å². The molecule has 2 aromatic carbocycles. The van der Waals surface area contributed by atoms with Gasteiger partial charge in [-0.05, 0) is 56.0 Å². The second-order valence-corrected chi connectivity index (χ2v) is 7.20. The summed E-state index contributed by atoms with van der Waals surface area (Å²) in [6.45, 7) is 15.9. The van der Waals surface area contributed by atoms with Gasteiger partial charge in [0.15, 0.2) is 0 Å². The molecule has 0 aliphatic rings. The fraction of sp³-hybridized carbons (Fsp3) is 0.346. The smallest absolute Gasteiger partial charge is 0.339 e. The molecule has 0 radical (unpaired) electrons. The molecule has 0 atom stereocenters. The lowest BCUT2D eigenvalue weighted by atomic mass is 9.93. The van der Waals surface area contributed by atoms with Crippen LogP contribution in [0.4, 0.5) is 0 Å². The maximum Gasteiger partial charge on any atom is 0.339 e. The molecule has 0 aliphatic heterocycles. The number of carbonyl (C=O) groups excluding carboxylic acids is 1. The van der Waals surface area contributed by atoms with Crippen molar-refractivity contribution >= 4 is 17.1 Å². The molecule has 2 aromatic rings. The van der Waals surface area contributed by atoms with Crippen molar-refractivity contribution in [2.75, 3.05) is 6.61 Å². The lowest BCUT2D eigenvalue weighted by Gasteiger charge is -2.21. The van der Waals surface area contributed by atoms with Gasteiger partial charge in [0.25, 0.3) is 0 Å². The topological polar surface area (TPSA) is 35.5 Å². The van der Waals surface area contributed by atoms with Crippen molar-refractivity contribution < 1.29 is 14.3 Å². The zero-order chi connectivity index (χ0) is 21.9. The molecule has 0 heterocycles. The number of hydrogen-bond acceptors (Lipinski definition) is 3. The van der Waals surface area contributed by atoms with Crippen molar-refractivity contribution in [2.24, 2.45) is 0 Å². The van der Waals surface area contributed by atoms with E-state index in [1.165, 1.54) is 0 Å². The van der Waals surface area contributed by atoms with E-state index in [-0.39, 0.29) is 18.2 Å². The van der Waals surface area contributed by atoms with Gasteiger partial charge >= 0.3 is 5.97 Å². The quantitative estimate of drug-likeness (QED) is 0.221. The maximum atomic E-state index is 12.8. The van der Waals surface area contributed by atoms with Crippen molar-refractivity contribution in [2.45, 2.75) is 53.6 Å². The highest BCUT2D eigenvalue weighted by Crippen LogP contribution is 2.31. The fourth-order valence-electron chi connectivity index (χ4n) is 2.83. The van der Waals surface area contributed by atoms with Crippen LogP contribution in [0.3, 0.4) is 0 Å². The predicted octanol–water partition coefficient (Wildman–Crippen LogP) is 6.94. The van der Waals surface area contributed by atoms with Crippen LogP contribution in [0.25, 0.3) is 11.1 Å². The molecular formula is C26H34O3. The third kappa shape index (κ3) is 7.61. The highest BCUT2D eigenvalue weighted by molar-refractivity contribution is 6.24. The Morgan fingerprint density at radius 3 is 2.03 bits per heavy atom. The van der Waals surface area contributed by atoms with E-state index in [2.05, 4.69) is 6.58 Å². The molecule has 3 nitrogen and oxygen atoms in total. The number of ether oxygens (including phenoxy) is 2. The first-order chi connectivity index (χ1) is 13.9. The number of carbonyl (C=O) groups is 1. The van der Waals surface area contributed by atoms with Crippen LogP contribution < -0.4 is 4.74 Å². The molecule has 0 amide bonds. The van der Waals surface area contributed by atoms with E-state index in [1.807, 2.05) is 96.1 Å². The molecule has 2 rings (SSSR count). The summed E-state index contributed by atoms with van der Waals surface area (Å²) in [4.78, 5) is 12.8. The van der Waals surface area contributed by atoms with E-state index in [1.54, 1.807) is 6.08 Å². The molecule has 0 aliphatic carbocycles. The number of allylic oxidation sites excluding steroid dienone is 1. The number of hydrogen-bond donors (Lipinski definition) is 0. The first kappa shape index (κ1) is 24.2. The van der Waals surface area contributed by atoms with Crippen molar-refractivity contribution in [1.82, 2.24) is 0 Å². The Kier molecular flexibility index (Phi) is 9.94. The molecule has 0 unspecified atom stereocenters. The van der Waals surface area contributed by atoms with Gasteiger partial charge in [-0.2, -0.15) is 0 Å². The minimum atomic E-state index is -0.347. The van der Waals surface area contributed by atoms with Crippen molar-refractivity contribution in [3.63, 3.8) is 0 Å². The summed E-state index contributed by atoms with van der Waals surface area (Å²) in [5.41, 5.74) is 3.08. The second kappa shape index (κ2) is 11.9. The average molecular weight is 395 g/mol. The minimum Gasteiger partial charge on any atom is -0.488 e. The Labute approximate surface area is 176 Å². The van der Waals surface area contributed by atoms with Crippen LogP contribution in [0.15, 0.2) is 67.3 Å². The molecule has 29 heavy (non-hydrogen) atoms. The van der Waals surface area contributed by atoms with E-state index >= 15 is 0 Å². The largest absolute Gasteiger partial charge is 0.488 e. The average Bonchev–Trinajstić information content (AvgIpc) is 2.72. The lowest BCUT2D eigenvalue weighted by Crippen LogP contribution is -2.22. The van der Waals surface area contributed by atoms with Gasteiger partial charge in [-0.15, -0.1) is 0 Å². The first-order valence-corrected chi connectivity index (χ1v) is 10.2. The van der Waals surface area contributed by atoms with Gasteiger partial charge in [-0.3, -0.25) is 0 Å². The summed E-state index contributed by atoms with van der Waals surface area (Å²) >= 11 is 0. The standard InChI is InChI=1S/C24H28O3.C2H6/c1-6-17-26-23(25)22(21(7-2)18-11-9-8-10-12-18)19-13-15-20(16-14-19)27-24(3,4)5;1-2/h6,8-16H,1,7,17H2,2-5H3;1-2H3/b22-21+;. The molecule has 0 spiro atoms. The summed E-state index contributed by atoms with van der Waals surface area (Å²) in [6.07, 6.45) is 2.28. The normalized spacial score (nSPS) is 11.5. The van der Waals surface area contributed by atoms with E-state index in [0.717, 1.165) is 22.4 Å². The number of esters is 1. The van der Waals surface area contributed by atoms with Crippen molar-refractivity contribution in [1.29, 1.82) is 0 Å². The second-order valence-electron chi connectivity index (χ2n) is 7.20. The zero-order valence-electron chi connectivity index (χ0n) is 18.6. The molecule has 0 fully saturated rings. The Hall–Kier alpha value is -2.81. The Bertz CT molecular complexity index is 794. The highest BCUT2D eigenvalue weighted by atomic mass is 16.5. The van der Waals surface area contributed by atoms with Gasteiger partial charge in [0.2, 0.25) is 0 Å². The van der Waals surface area contributed by atoms with Crippen LogP contribution in [0.1, 0.15) is 59.1 Å². The SMILES string of the molecule is C=CCOC(=O)/C(=C(\CC)c1ccccc1)c1ccc(OC(C)(C)C)cc1.CC. The van der Waals surface area contributed by atoms with Crippen LogP contribution >= 0.6 is 0 Å². The van der Waals surface area contributed by atoms with Crippen LogP contribution in [-0.2, 0) is 9.53 Å². The third-order valence-corrected chi connectivity index (χ3v) is 3.88. The van der Waals surface area contributed by atoms with Gasteiger partial charge in [0.05, 0.1) is 5.57 Å². The highest BCUT2D eigenvalue weighted by Gasteiger charge is 2.20. The van der Waals surface area contributed by atoms with Crippen LogP contribution in [-0.4, -0.2) is 18.2 Å². The maximum absolute atomic E-state index is 12.8. The molecule has 3 heteroatoms. The fourth-order valence-corrected chi connectivity index (χ4v) is 2.83. The van der Waals surface area contributed by atoms with E-state index in [0.29, 0.717) is 12.0 Å². The monoisotopic (exact) mass is 394 g/mol. The van der Waals surface area contributed by atoms with Gasteiger partial charge in [0, 0.05) is 0 Å². The summed E-state index contributed by atoms with van der Waals surface area (Å²) in [7, 11) is 0. The predicted molar refractivity (Wildman–Crippen MR) is 123 cm³/mol. The zero-order valence-corrected chi connectivity index (χ0v) is 18.6. The van der Waals surface area contributed by atoms with Crippen LogP contribution in [0.5, 0.6) is 5.75 Å². The summed E-state index contributed by atoms with van der Waals surface area (Å²) in [6, 6.07) is 17.5. The Morgan fingerprint density at radius 2 is 1.55 bits per heavy atom. The summed E-state index contributed by atoms with van der Waals surface area (Å²) in [5, 5.41) is 0. The number of rotatable bonds is 7. The minimum absolute atomic E-state index is 0.180. The van der Waals surface area contributed by atoms with Crippen molar-refractivity contribution in [3.05, 3.63) is 78.4 Å². The molecule has 156 valence electrons. The molecule has 0 aromatic heterocycles. The van der Waals surface area contributed by atoms with Gasteiger partial charge < -0.3 is 9.47 Å². The molecule has 0 saturated carbocycles. The third-order valence-electron chi connectivity index (χ3n) is 3.88. The van der Waals surface area contributed by atoms with E-state index in [4.69, 9.17) is 9.47 Å². The van der Waals surface area contributed by atoms with E-state index in [9.17, 15) is 4.79 Å². The lowest BCUT2D eigenvalue weighted by molar-refractivity contribution is -0.135. The Balaban J connectivity index is 0.00000204. The summed E-state index contributed by atoms with van der Waals surface area (Å²) < 4.78 is 11.3. The van der Waals surface area contributed by atoms with Gasteiger partial charge in [-0.1, -0.05) is 75.9 Å². The number of benzene rings is 2. The van der Waals surface area contributed by atoms with Gasteiger partial charge in [0.1, 0.15) is 18.0 Å². The van der Waals surface area contributed by atoms with Crippen LogP contribution in [0.2, 0.25) is 0 Å². The van der Waals surface area contributed by atoms with Gasteiger partial charge in [-0.25, -0.2) is 4.79 Å². The van der Waals surface area contributed by atoms with Crippen molar-refractivity contribution in [3.8, 4) is 5.75 Å². The van der Waals surface area contributed by atoms with E-state index < -0.39 is 0 Å². The molecule has 0 bridgehead atoms. The molecule has 0 N–H and O–H groups in total. The molecule has 0 saturated heterocycles. The Morgan fingerprint density at radius 1 is 0.966 bits per heavy atom. The first-order valence-electron chi connectivity index (χ1n) is 10.2. The summed E-state index contributed by atoms with van der Waals surface area (Å²) in [5.74, 6) is 0.419. The molecular weight excluding hydrogens is 360 g/mol.